The van der Waals surface area contributed by atoms with E-state index in [9.17, 15) is 29.1 Å². The van der Waals surface area contributed by atoms with Crippen LogP contribution in [0.5, 0.6) is 0 Å². The molecule has 0 aromatic carbocycles. The number of carboxylic acids is 1. The Balaban J connectivity index is 2.98. The van der Waals surface area contributed by atoms with Crippen molar-refractivity contribution in [1.29, 1.82) is 0 Å². The van der Waals surface area contributed by atoms with Crippen LogP contribution in [-0.2, 0) is 24.0 Å². The van der Waals surface area contributed by atoms with Crippen LogP contribution in [0.15, 0.2) is 0 Å². The molecule has 0 radical (unpaired) electrons. The molecule has 4 atom stereocenters. The second-order valence-corrected chi connectivity index (χ2v) is 7.28. The largest absolute Gasteiger partial charge is 0.480 e. The number of carboxylic acid groups (broad SMARTS) is 1. The van der Waals surface area contributed by atoms with Crippen molar-refractivity contribution >= 4 is 29.6 Å². The second kappa shape index (κ2) is 10.7. The summed E-state index contributed by atoms with van der Waals surface area (Å²) in [5, 5.41) is 23.0. The fraction of sp³-hybridized carbons (Fsp3) is 0.706. The Hall–Kier alpha value is -2.73. The van der Waals surface area contributed by atoms with Crippen molar-refractivity contribution in [2.24, 2.45) is 17.4 Å². The van der Waals surface area contributed by atoms with E-state index < -0.39 is 72.7 Å². The highest BCUT2D eigenvalue weighted by molar-refractivity contribution is 5.96. The van der Waals surface area contributed by atoms with Crippen molar-refractivity contribution < 1.29 is 34.2 Å². The molecular weight excluding hydrogens is 386 g/mol. The number of primary amides is 1. The lowest BCUT2D eigenvalue weighted by molar-refractivity contribution is -0.149. The summed E-state index contributed by atoms with van der Waals surface area (Å²) in [6, 6.07) is -4.74. The number of amides is 4. The number of aliphatic hydroxyl groups excluding tert-OH is 1. The predicted octanol–water partition coefficient (Wildman–Crippen LogP) is -3.12. The first-order valence-corrected chi connectivity index (χ1v) is 9.28. The van der Waals surface area contributed by atoms with Crippen LogP contribution >= 0.6 is 0 Å². The van der Waals surface area contributed by atoms with Crippen molar-refractivity contribution in [2.75, 3.05) is 13.2 Å². The summed E-state index contributed by atoms with van der Waals surface area (Å²) < 4.78 is 0. The van der Waals surface area contributed by atoms with Crippen LogP contribution in [0.25, 0.3) is 0 Å². The zero-order valence-electron chi connectivity index (χ0n) is 16.5. The molecule has 29 heavy (non-hydrogen) atoms. The van der Waals surface area contributed by atoms with Gasteiger partial charge < -0.3 is 37.2 Å². The molecule has 0 aliphatic carbocycles. The molecule has 1 aliphatic heterocycles. The summed E-state index contributed by atoms with van der Waals surface area (Å²) in [7, 11) is 0. The number of nitrogens with one attached hydrogen (secondary N) is 2. The third-order valence-electron chi connectivity index (χ3n) is 4.62. The van der Waals surface area contributed by atoms with Gasteiger partial charge in [0, 0.05) is 6.54 Å². The molecule has 1 fully saturated rings. The molecule has 8 N–H and O–H groups in total. The standard InChI is InChI=1S/C17H29N5O7/c1-8(2)13(21-14(25)9(18)7-23)15(26)20-10(6-12(19)24)16(27)22-5-3-4-11(22)17(28)29/h8-11,13,23H,3-7,18H2,1-2H3,(H2,19,24)(H,20,26)(H,21,25)(H,28,29). The van der Waals surface area contributed by atoms with Gasteiger partial charge in [0.25, 0.3) is 0 Å². The van der Waals surface area contributed by atoms with Crippen LogP contribution < -0.4 is 22.1 Å². The average Bonchev–Trinajstić information content (AvgIpc) is 3.13. The van der Waals surface area contributed by atoms with E-state index in [1.807, 2.05) is 0 Å². The average molecular weight is 415 g/mol. The minimum Gasteiger partial charge on any atom is -0.480 e. The third-order valence-corrected chi connectivity index (χ3v) is 4.62. The smallest absolute Gasteiger partial charge is 0.326 e. The van der Waals surface area contributed by atoms with E-state index >= 15 is 0 Å². The Morgan fingerprint density at radius 3 is 2.24 bits per heavy atom. The van der Waals surface area contributed by atoms with Gasteiger partial charge in [-0.2, -0.15) is 0 Å². The van der Waals surface area contributed by atoms with Gasteiger partial charge >= 0.3 is 5.97 Å². The van der Waals surface area contributed by atoms with Crippen LogP contribution in [0.1, 0.15) is 33.1 Å². The molecule has 1 saturated heterocycles. The van der Waals surface area contributed by atoms with E-state index in [4.69, 9.17) is 16.6 Å². The van der Waals surface area contributed by atoms with Gasteiger partial charge in [-0.25, -0.2) is 4.79 Å². The van der Waals surface area contributed by atoms with Gasteiger partial charge in [0.1, 0.15) is 24.2 Å². The highest BCUT2D eigenvalue weighted by atomic mass is 16.4. The normalized spacial score (nSPS) is 19.3. The maximum Gasteiger partial charge on any atom is 0.326 e. The van der Waals surface area contributed by atoms with E-state index in [1.165, 1.54) is 0 Å². The zero-order chi connectivity index (χ0) is 22.3. The minimum absolute atomic E-state index is 0.177. The maximum atomic E-state index is 12.8. The quantitative estimate of drug-likeness (QED) is 0.215. The molecule has 4 amide bonds. The van der Waals surface area contributed by atoms with Crippen LogP contribution in [-0.4, -0.2) is 82.0 Å². The molecule has 0 bridgehead atoms. The zero-order valence-corrected chi connectivity index (χ0v) is 16.5. The van der Waals surface area contributed by atoms with E-state index in [0.717, 1.165) is 4.90 Å². The van der Waals surface area contributed by atoms with Crippen molar-refractivity contribution in [3.63, 3.8) is 0 Å². The van der Waals surface area contributed by atoms with Gasteiger partial charge in [0.05, 0.1) is 13.0 Å². The van der Waals surface area contributed by atoms with Gasteiger partial charge in [0.15, 0.2) is 0 Å². The number of aliphatic hydroxyl groups is 1. The third kappa shape index (κ3) is 6.68. The molecule has 0 aromatic heterocycles. The van der Waals surface area contributed by atoms with E-state index in [0.29, 0.717) is 6.42 Å². The van der Waals surface area contributed by atoms with Crippen molar-refractivity contribution in [1.82, 2.24) is 15.5 Å². The first-order valence-electron chi connectivity index (χ1n) is 9.28. The number of carbonyl (C=O) groups excluding carboxylic acids is 4. The number of likely N-dealkylation sites (tertiary alicyclic amines) is 1. The molecular formula is C17H29N5O7. The maximum absolute atomic E-state index is 12.8. The van der Waals surface area contributed by atoms with Crippen LogP contribution in [0.3, 0.4) is 0 Å². The number of rotatable bonds is 10. The summed E-state index contributed by atoms with van der Waals surface area (Å²) in [4.78, 5) is 61.3. The molecule has 4 unspecified atom stereocenters. The number of aliphatic carboxylic acids is 1. The van der Waals surface area contributed by atoms with Gasteiger partial charge in [-0.1, -0.05) is 13.8 Å². The van der Waals surface area contributed by atoms with Gasteiger partial charge in [-0.3, -0.25) is 19.2 Å². The lowest BCUT2D eigenvalue weighted by atomic mass is 10.0. The van der Waals surface area contributed by atoms with Gasteiger partial charge in [-0.15, -0.1) is 0 Å². The first-order chi connectivity index (χ1) is 13.5. The molecule has 12 nitrogen and oxygen atoms in total. The van der Waals surface area contributed by atoms with Gasteiger partial charge in [0.2, 0.25) is 23.6 Å². The molecule has 0 aromatic rings. The van der Waals surface area contributed by atoms with Crippen molar-refractivity contribution in [3.8, 4) is 0 Å². The van der Waals surface area contributed by atoms with E-state index in [1.54, 1.807) is 13.8 Å². The fourth-order valence-corrected chi connectivity index (χ4v) is 3.03. The molecule has 1 heterocycles. The first kappa shape index (κ1) is 24.3. The second-order valence-electron chi connectivity index (χ2n) is 7.28. The lowest BCUT2D eigenvalue weighted by Crippen LogP contribution is -2.59. The molecule has 0 saturated carbocycles. The molecule has 12 heteroatoms. The number of carbonyl (C=O) groups is 5. The summed E-state index contributed by atoms with van der Waals surface area (Å²) in [6.45, 7) is 2.84. The highest BCUT2D eigenvalue weighted by Gasteiger charge is 2.39. The van der Waals surface area contributed by atoms with E-state index in [2.05, 4.69) is 10.6 Å². The Labute approximate surface area is 168 Å². The number of nitrogens with two attached hydrogens (primary N) is 2. The Kier molecular flexibility index (Phi) is 8.98. The van der Waals surface area contributed by atoms with Crippen LogP contribution in [0, 0.1) is 5.92 Å². The number of hydrogen-bond donors (Lipinski definition) is 6. The summed E-state index contributed by atoms with van der Waals surface area (Å²) >= 11 is 0. The van der Waals surface area contributed by atoms with Crippen molar-refractivity contribution in [2.45, 2.75) is 57.3 Å². The Bertz CT molecular complexity index is 654. The summed E-state index contributed by atoms with van der Waals surface area (Å²) in [6.07, 6.45) is 0.216. The van der Waals surface area contributed by atoms with Crippen LogP contribution in [0.2, 0.25) is 0 Å². The topological polar surface area (TPSA) is 205 Å². The van der Waals surface area contributed by atoms with E-state index in [-0.39, 0.29) is 13.0 Å². The Morgan fingerprint density at radius 2 is 1.76 bits per heavy atom. The monoisotopic (exact) mass is 415 g/mol. The summed E-state index contributed by atoms with van der Waals surface area (Å²) in [5.74, 6) is -4.70. The lowest BCUT2D eigenvalue weighted by Gasteiger charge is -2.29. The molecule has 1 rings (SSSR count). The van der Waals surface area contributed by atoms with Crippen LogP contribution in [0.4, 0.5) is 0 Å². The number of nitrogens with zero attached hydrogens (tertiary/aromatic N) is 1. The SMILES string of the molecule is CC(C)C(NC(=O)C(N)CO)C(=O)NC(CC(N)=O)C(=O)N1CCCC1C(=O)O. The molecule has 164 valence electrons. The predicted molar refractivity (Wildman–Crippen MR) is 99.9 cm³/mol. The number of hydrogen-bond acceptors (Lipinski definition) is 7. The fourth-order valence-electron chi connectivity index (χ4n) is 3.03. The molecule has 1 aliphatic rings. The minimum atomic E-state index is -1.37. The van der Waals surface area contributed by atoms with Crippen molar-refractivity contribution in [3.05, 3.63) is 0 Å². The highest BCUT2D eigenvalue weighted by Crippen LogP contribution is 2.19. The summed E-state index contributed by atoms with van der Waals surface area (Å²) in [5.41, 5.74) is 10.6. The molecule has 0 spiro atoms. The Morgan fingerprint density at radius 1 is 1.14 bits per heavy atom. The van der Waals surface area contributed by atoms with Gasteiger partial charge in [-0.05, 0) is 18.8 Å².